The number of nitrogens with two attached hydrogens (primary N) is 1. The first kappa shape index (κ1) is 15.6. The van der Waals surface area contributed by atoms with Gasteiger partial charge in [-0.25, -0.2) is 0 Å². The van der Waals surface area contributed by atoms with Crippen molar-refractivity contribution in [1.29, 1.82) is 0 Å². The Morgan fingerprint density at radius 2 is 2.00 bits per heavy atom. The molecule has 3 nitrogen and oxygen atoms in total. The third-order valence-electron chi connectivity index (χ3n) is 3.26. The van der Waals surface area contributed by atoms with Crippen molar-refractivity contribution < 1.29 is 9.53 Å². The number of Topliss-reactive ketones (excluding diaryl/α,β-unsaturated/α-hetero) is 1. The molecule has 0 bridgehead atoms. The standard InChI is InChI=1S/C13H27NO2/c1-4-12(7-9-14)5-6-13(15)11(2)8-10-16-3/h11-12H,4-10,14H2,1-3H3. The zero-order valence-corrected chi connectivity index (χ0v) is 11.0. The second-order valence-corrected chi connectivity index (χ2v) is 4.54. The van der Waals surface area contributed by atoms with E-state index in [0.29, 0.717) is 24.7 Å². The molecule has 0 rings (SSSR count). The Labute approximate surface area is 99.7 Å². The normalized spacial score (nSPS) is 14.8. The maximum atomic E-state index is 11.8. The number of hydrogen-bond acceptors (Lipinski definition) is 3. The molecule has 0 saturated carbocycles. The van der Waals surface area contributed by atoms with Crippen molar-refractivity contribution in [3.8, 4) is 0 Å². The monoisotopic (exact) mass is 229 g/mol. The third-order valence-corrected chi connectivity index (χ3v) is 3.26. The number of rotatable bonds is 10. The Morgan fingerprint density at radius 3 is 2.50 bits per heavy atom. The Bertz CT molecular complexity index is 183. The lowest BCUT2D eigenvalue weighted by molar-refractivity contribution is -0.123. The molecular formula is C13H27NO2. The van der Waals surface area contributed by atoms with Crippen LogP contribution in [0.25, 0.3) is 0 Å². The van der Waals surface area contributed by atoms with Crippen LogP contribution >= 0.6 is 0 Å². The number of hydrogen-bond donors (Lipinski definition) is 1. The number of carbonyl (C=O) groups excluding carboxylic acids is 1. The summed E-state index contributed by atoms with van der Waals surface area (Å²) in [6, 6.07) is 0. The molecule has 0 saturated heterocycles. The summed E-state index contributed by atoms with van der Waals surface area (Å²) < 4.78 is 4.98. The summed E-state index contributed by atoms with van der Waals surface area (Å²) in [7, 11) is 1.67. The number of carbonyl (C=O) groups is 1. The van der Waals surface area contributed by atoms with E-state index in [-0.39, 0.29) is 5.92 Å². The molecule has 0 aromatic carbocycles. The third kappa shape index (κ3) is 6.96. The molecule has 0 aromatic rings. The van der Waals surface area contributed by atoms with Gasteiger partial charge in [0, 0.05) is 26.1 Å². The van der Waals surface area contributed by atoms with Crippen molar-refractivity contribution in [1.82, 2.24) is 0 Å². The van der Waals surface area contributed by atoms with Gasteiger partial charge in [-0.3, -0.25) is 4.79 Å². The lowest BCUT2D eigenvalue weighted by Crippen LogP contribution is -2.15. The molecule has 0 aliphatic heterocycles. The van der Waals surface area contributed by atoms with Gasteiger partial charge in [-0.15, -0.1) is 0 Å². The van der Waals surface area contributed by atoms with E-state index >= 15 is 0 Å². The molecule has 0 aliphatic carbocycles. The van der Waals surface area contributed by atoms with Crippen LogP contribution in [0.15, 0.2) is 0 Å². The summed E-state index contributed by atoms with van der Waals surface area (Å²) in [5, 5.41) is 0. The minimum absolute atomic E-state index is 0.135. The highest BCUT2D eigenvalue weighted by molar-refractivity contribution is 5.80. The Hall–Kier alpha value is -0.410. The van der Waals surface area contributed by atoms with E-state index in [4.69, 9.17) is 10.5 Å². The summed E-state index contributed by atoms with van der Waals surface area (Å²) >= 11 is 0. The number of ether oxygens (including phenoxy) is 1. The maximum absolute atomic E-state index is 11.8. The minimum atomic E-state index is 0.135. The molecule has 0 amide bonds. The van der Waals surface area contributed by atoms with Gasteiger partial charge < -0.3 is 10.5 Å². The molecule has 0 fully saturated rings. The quantitative estimate of drug-likeness (QED) is 0.626. The first-order valence-electron chi connectivity index (χ1n) is 6.37. The van der Waals surface area contributed by atoms with Crippen molar-refractivity contribution in [2.75, 3.05) is 20.3 Å². The average Bonchev–Trinajstić information content (AvgIpc) is 2.30. The molecule has 0 heterocycles. The molecular weight excluding hydrogens is 202 g/mol. The van der Waals surface area contributed by atoms with Crippen LogP contribution in [0.5, 0.6) is 0 Å². The van der Waals surface area contributed by atoms with Gasteiger partial charge in [0.2, 0.25) is 0 Å². The lowest BCUT2D eigenvalue weighted by atomic mass is 9.91. The molecule has 0 spiro atoms. The van der Waals surface area contributed by atoms with Gasteiger partial charge in [-0.1, -0.05) is 20.3 Å². The zero-order valence-electron chi connectivity index (χ0n) is 11.0. The fraction of sp³-hybridized carbons (Fsp3) is 0.923. The van der Waals surface area contributed by atoms with Crippen LogP contribution in [0.1, 0.15) is 46.0 Å². The van der Waals surface area contributed by atoms with Gasteiger partial charge in [-0.2, -0.15) is 0 Å². The van der Waals surface area contributed by atoms with E-state index in [1.807, 2.05) is 6.92 Å². The van der Waals surface area contributed by atoms with Crippen molar-refractivity contribution in [2.24, 2.45) is 17.6 Å². The van der Waals surface area contributed by atoms with E-state index < -0.39 is 0 Å². The summed E-state index contributed by atoms with van der Waals surface area (Å²) in [6.07, 6.45) is 4.68. The van der Waals surface area contributed by atoms with Crippen LogP contribution in [0.2, 0.25) is 0 Å². The van der Waals surface area contributed by atoms with E-state index in [1.165, 1.54) is 0 Å². The first-order chi connectivity index (χ1) is 7.65. The summed E-state index contributed by atoms with van der Waals surface area (Å²) in [6.45, 7) is 5.56. The number of methoxy groups -OCH3 is 1. The maximum Gasteiger partial charge on any atom is 0.135 e. The number of ketones is 1. The second-order valence-electron chi connectivity index (χ2n) is 4.54. The molecule has 2 unspecified atom stereocenters. The molecule has 3 heteroatoms. The Balaban J connectivity index is 3.76. The second kappa shape index (κ2) is 9.79. The highest BCUT2D eigenvalue weighted by Gasteiger charge is 2.14. The van der Waals surface area contributed by atoms with Gasteiger partial charge >= 0.3 is 0 Å². The molecule has 0 aliphatic rings. The van der Waals surface area contributed by atoms with Crippen molar-refractivity contribution in [3.05, 3.63) is 0 Å². The molecule has 2 atom stereocenters. The van der Waals surface area contributed by atoms with Gasteiger partial charge in [0.05, 0.1) is 0 Å². The van der Waals surface area contributed by atoms with Crippen LogP contribution in [-0.2, 0) is 9.53 Å². The minimum Gasteiger partial charge on any atom is -0.385 e. The zero-order chi connectivity index (χ0) is 12.4. The molecule has 0 aromatic heterocycles. The van der Waals surface area contributed by atoms with Crippen LogP contribution < -0.4 is 5.73 Å². The van der Waals surface area contributed by atoms with E-state index in [2.05, 4.69) is 6.92 Å². The van der Waals surface area contributed by atoms with Gasteiger partial charge in [-0.05, 0) is 31.7 Å². The van der Waals surface area contributed by atoms with Gasteiger partial charge in [0.1, 0.15) is 5.78 Å². The highest BCUT2D eigenvalue weighted by Crippen LogP contribution is 2.17. The average molecular weight is 229 g/mol. The molecule has 0 radical (unpaired) electrons. The van der Waals surface area contributed by atoms with E-state index in [9.17, 15) is 4.79 Å². The van der Waals surface area contributed by atoms with Crippen molar-refractivity contribution in [2.45, 2.75) is 46.0 Å². The molecule has 96 valence electrons. The van der Waals surface area contributed by atoms with Crippen molar-refractivity contribution >= 4 is 5.78 Å². The van der Waals surface area contributed by atoms with Crippen LogP contribution in [0.3, 0.4) is 0 Å². The largest absolute Gasteiger partial charge is 0.385 e. The predicted octanol–water partition coefficient (Wildman–Crippen LogP) is 2.38. The summed E-state index contributed by atoms with van der Waals surface area (Å²) in [4.78, 5) is 11.8. The smallest absolute Gasteiger partial charge is 0.135 e. The lowest BCUT2D eigenvalue weighted by Gasteiger charge is -2.15. The molecule has 2 N–H and O–H groups in total. The van der Waals surface area contributed by atoms with Crippen LogP contribution in [-0.4, -0.2) is 26.0 Å². The highest BCUT2D eigenvalue weighted by atomic mass is 16.5. The fourth-order valence-corrected chi connectivity index (χ4v) is 1.84. The fourth-order valence-electron chi connectivity index (χ4n) is 1.84. The Morgan fingerprint density at radius 1 is 1.31 bits per heavy atom. The topological polar surface area (TPSA) is 52.3 Å². The Kier molecular flexibility index (Phi) is 9.54. The predicted molar refractivity (Wildman–Crippen MR) is 67.4 cm³/mol. The van der Waals surface area contributed by atoms with Gasteiger partial charge in [0.15, 0.2) is 0 Å². The molecule has 16 heavy (non-hydrogen) atoms. The van der Waals surface area contributed by atoms with E-state index in [0.717, 1.165) is 32.2 Å². The SMILES string of the molecule is CCC(CCN)CCC(=O)C(C)CCOC. The van der Waals surface area contributed by atoms with Crippen molar-refractivity contribution in [3.63, 3.8) is 0 Å². The summed E-state index contributed by atoms with van der Waals surface area (Å²) in [5.74, 6) is 1.12. The summed E-state index contributed by atoms with van der Waals surface area (Å²) in [5.41, 5.74) is 5.54. The van der Waals surface area contributed by atoms with Gasteiger partial charge in [0.25, 0.3) is 0 Å². The first-order valence-corrected chi connectivity index (χ1v) is 6.37. The van der Waals surface area contributed by atoms with Crippen LogP contribution in [0, 0.1) is 11.8 Å². The van der Waals surface area contributed by atoms with E-state index in [1.54, 1.807) is 7.11 Å². The van der Waals surface area contributed by atoms with Crippen LogP contribution in [0.4, 0.5) is 0 Å².